The van der Waals surface area contributed by atoms with Gasteiger partial charge in [0.15, 0.2) is 14.5 Å². The summed E-state index contributed by atoms with van der Waals surface area (Å²) in [7, 11) is 0. The molecule has 1 N–H and O–H groups in total. The molecule has 1 amide bonds. The maximum Gasteiger partial charge on any atom is 0.230 e. The van der Waals surface area contributed by atoms with E-state index in [4.69, 9.17) is 0 Å². The lowest BCUT2D eigenvalue weighted by Crippen LogP contribution is -2.31. The van der Waals surface area contributed by atoms with Crippen LogP contribution in [-0.2, 0) is 4.79 Å². The van der Waals surface area contributed by atoms with Crippen LogP contribution in [0.5, 0.6) is 0 Å². The Kier molecular flexibility index (Phi) is 8.16. The van der Waals surface area contributed by atoms with E-state index in [0.717, 1.165) is 15.2 Å². The molecule has 5 nitrogen and oxygen atoms in total. The maximum atomic E-state index is 12.1. The first-order chi connectivity index (χ1) is 13.2. The summed E-state index contributed by atoms with van der Waals surface area (Å²) < 4.78 is 1.52. The van der Waals surface area contributed by atoms with Crippen molar-refractivity contribution in [1.29, 1.82) is 0 Å². The highest BCUT2D eigenvalue weighted by molar-refractivity contribution is 8.03. The van der Waals surface area contributed by atoms with Crippen LogP contribution >= 0.6 is 34.9 Å². The van der Waals surface area contributed by atoms with Crippen LogP contribution in [-0.4, -0.2) is 39.9 Å². The molecule has 0 spiro atoms. The number of amides is 1. The van der Waals surface area contributed by atoms with Crippen molar-refractivity contribution >= 4 is 46.6 Å². The average molecular weight is 422 g/mol. The second-order valence-electron chi connectivity index (χ2n) is 6.51. The SMILES string of the molecule is O=C(CSc1nnc(SCC(=O)c2ccccc2)s1)NCC1CCCCC1. The van der Waals surface area contributed by atoms with Crippen molar-refractivity contribution in [3.8, 4) is 0 Å². The molecule has 2 aromatic rings. The molecule has 0 unspecified atom stereocenters. The van der Waals surface area contributed by atoms with Gasteiger partial charge in [-0.25, -0.2) is 0 Å². The van der Waals surface area contributed by atoms with Gasteiger partial charge in [0.2, 0.25) is 5.91 Å². The molecule has 27 heavy (non-hydrogen) atoms. The molecule has 1 heterocycles. The van der Waals surface area contributed by atoms with Gasteiger partial charge in [-0.05, 0) is 18.8 Å². The number of nitrogens with one attached hydrogen (secondary N) is 1. The number of carbonyl (C=O) groups excluding carboxylic acids is 2. The summed E-state index contributed by atoms with van der Waals surface area (Å²) in [5.74, 6) is 1.46. The molecule has 0 aliphatic heterocycles. The number of thioether (sulfide) groups is 2. The summed E-state index contributed by atoms with van der Waals surface area (Å²) in [6.07, 6.45) is 6.35. The lowest BCUT2D eigenvalue weighted by Gasteiger charge is -2.21. The molecule has 8 heteroatoms. The van der Waals surface area contributed by atoms with Gasteiger partial charge >= 0.3 is 0 Å². The average Bonchev–Trinajstić information content (AvgIpc) is 3.18. The van der Waals surface area contributed by atoms with Crippen LogP contribution in [0.1, 0.15) is 42.5 Å². The minimum Gasteiger partial charge on any atom is -0.355 e. The zero-order valence-electron chi connectivity index (χ0n) is 15.1. The zero-order valence-corrected chi connectivity index (χ0v) is 17.5. The predicted molar refractivity (Wildman–Crippen MR) is 112 cm³/mol. The van der Waals surface area contributed by atoms with Crippen LogP contribution < -0.4 is 5.32 Å². The fourth-order valence-corrected chi connectivity index (χ4v) is 5.72. The lowest BCUT2D eigenvalue weighted by molar-refractivity contribution is -0.118. The highest BCUT2D eigenvalue weighted by Crippen LogP contribution is 2.29. The second-order valence-corrected chi connectivity index (χ2v) is 9.93. The molecule has 3 rings (SSSR count). The van der Waals surface area contributed by atoms with Crippen LogP contribution in [0.15, 0.2) is 39.0 Å². The Balaban J connectivity index is 1.36. The third kappa shape index (κ3) is 6.93. The first kappa shape index (κ1) is 20.4. The van der Waals surface area contributed by atoms with Gasteiger partial charge in [-0.15, -0.1) is 10.2 Å². The van der Waals surface area contributed by atoms with Gasteiger partial charge in [0.25, 0.3) is 0 Å². The molecule has 0 bridgehead atoms. The van der Waals surface area contributed by atoms with Gasteiger partial charge in [-0.3, -0.25) is 9.59 Å². The molecule has 1 aromatic carbocycles. The Morgan fingerprint density at radius 2 is 1.67 bits per heavy atom. The topological polar surface area (TPSA) is 72.0 Å². The summed E-state index contributed by atoms with van der Waals surface area (Å²) in [5, 5.41) is 11.2. The van der Waals surface area contributed by atoms with Crippen molar-refractivity contribution in [2.45, 2.75) is 40.8 Å². The van der Waals surface area contributed by atoms with Gasteiger partial charge in [0, 0.05) is 12.1 Å². The number of benzene rings is 1. The molecule has 144 valence electrons. The molecule has 0 radical (unpaired) electrons. The number of ketones is 1. The number of hydrogen-bond donors (Lipinski definition) is 1. The summed E-state index contributed by atoms with van der Waals surface area (Å²) in [6.45, 7) is 0.790. The Morgan fingerprint density at radius 3 is 2.37 bits per heavy atom. The fourth-order valence-electron chi connectivity index (χ4n) is 2.98. The standard InChI is InChI=1S/C19H23N3O2S3/c23-16(15-9-5-2-6-10-15)12-25-18-21-22-19(27-18)26-13-17(24)20-11-14-7-3-1-4-8-14/h2,5-6,9-10,14H,1,3-4,7-8,11-13H2,(H,20,24). The van der Waals surface area contributed by atoms with Gasteiger partial charge in [0.05, 0.1) is 11.5 Å². The Labute approximate surface area is 172 Å². The van der Waals surface area contributed by atoms with Crippen LogP contribution in [0, 0.1) is 5.92 Å². The van der Waals surface area contributed by atoms with Crippen molar-refractivity contribution in [3.05, 3.63) is 35.9 Å². The van der Waals surface area contributed by atoms with E-state index in [-0.39, 0.29) is 11.7 Å². The monoisotopic (exact) mass is 421 g/mol. The van der Waals surface area contributed by atoms with Crippen molar-refractivity contribution in [2.24, 2.45) is 5.92 Å². The number of nitrogens with zero attached hydrogens (tertiary/aromatic N) is 2. The minimum absolute atomic E-state index is 0.0502. The van der Waals surface area contributed by atoms with E-state index >= 15 is 0 Å². The van der Waals surface area contributed by atoms with Gasteiger partial charge in [0.1, 0.15) is 0 Å². The first-order valence-corrected chi connectivity index (χ1v) is 11.9. The fraction of sp³-hybridized carbons (Fsp3) is 0.474. The van der Waals surface area contributed by atoms with Gasteiger partial charge in [-0.1, -0.05) is 84.5 Å². The van der Waals surface area contributed by atoms with Gasteiger partial charge < -0.3 is 5.32 Å². The van der Waals surface area contributed by atoms with E-state index in [0.29, 0.717) is 23.0 Å². The summed E-state index contributed by atoms with van der Waals surface area (Å²) in [5.41, 5.74) is 0.707. The molecule has 1 aliphatic carbocycles. The van der Waals surface area contributed by atoms with Crippen molar-refractivity contribution in [3.63, 3.8) is 0 Å². The van der Waals surface area contributed by atoms with E-state index < -0.39 is 0 Å². The number of hydrogen-bond acceptors (Lipinski definition) is 7. The molecular formula is C19H23N3O2S3. The number of carbonyl (C=O) groups is 2. The van der Waals surface area contributed by atoms with Crippen LogP contribution in [0.4, 0.5) is 0 Å². The van der Waals surface area contributed by atoms with Crippen molar-refractivity contribution in [1.82, 2.24) is 15.5 Å². The Morgan fingerprint density at radius 1 is 1.00 bits per heavy atom. The third-order valence-corrected chi connectivity index (χ3v) is 7.64. The van der Waals surface area contributed by atoms with E-state index in [1.807, 2.05) is 30.3 Å². The highest BCUT2D eigenvalue weighted by Gasteiger charge is 2.15. The van der Waals surface area contributed by atoms with Crippen LogP contribution in [0.2, 0.25) is 0 Å². The third-order valence-electron chi connectivity index (χ3n) is 4.45. The normalized spacial score (nSPS) is 14.8. The minimum atomic E-state index is 0.0502. The van der Waals surface area contributed by atoms with Crippen LogP contribution in [0.25, 0.3) is 0 Å². The van der Waals surface area contributed by atoms with Gasteiger partial charge in [-0.2, -0.15) is 0 Å². The Hall–Kier alpha value is -1.38. The molecule has 1 aliphatic rings. The molecule has 1 fully saturated rings. The first-order valence-electron chi connectivity index (χ1n) is 9.15. The maximum absolute atomic E-state index is 12.1. The zero-order chi connectivity index (χ0) is 18.9. The number of Topliss-reactive ketones (excluding diaryl/α,β-unsaturated/α-hetero) is 1. The van der Waals surface area contributed by atoms with Crippen LogP contribution in [0.3, 0.4) is 0 Å². The number of rotatable bonds is 9. The second kappa shape index (κ2) is 10.8. The Bertz CT molecular complexity index is 746. The highest BCUT2D eigenvalue weighted by atomic mass is 32.2. The van der Waals surface area contributed by atoms with E-state index in [1.165, 1.54) is 67.0 Å². The predicted octanol–water partition coefficient (Wildman–Crippen LogP) is 4.30. The molecular weight excluding hydrogens is 398 g/mol. The molecule has 1 aromatic heterocycles. The summed E-state index contributed by atoms with van der Waals surface area (Å²) in [4.78, 5) is 24.1. The summed E-state index contributed by atoms with van der Waals surface area (Å²) >= 11 is 4.22. The van der Waals surface area contributed by atoms with E-state index in [2.05, 4.69) is 15.5 Å². The van der Waals surface area contributed by atoms with Crippen molar-refractivity contribution < 1.29 is 9.59 Å². The summed E-state index contributed by atoms with van der Waals surface area (Å²) in [6, 6.07) is 9.24. The van der Waals surface area contributed by atoms with Crippen molar-refractivity contribution in [2.75, 3.05) is 18.1 Å². The number of aromatic nitrogens is 2. The van der Waals surface area contributed by atoms with E-state index in [9.17, 15) is 9.59 Å². The van der Waals surface area contributed by atoms with E-state index in [1.54, 1.807) is 0 Å². The molecule has 1 saturated carbocycles. The molecule has 0 saturated heterocycles. The smallest absolute Gasteiger partial charge is 0.230 e. The quantitative estimate of drug-likeness (QED) is 0.481. The largest absolute Gasteiger partial charge is 0.355 e. The molecule has 0 atom stereocenters. The lowest BCUT2D eigenvalue weighted by atomic mass is 9.89.